The Labute approximate surface area is 135 Å². The highest BCUT2D eigenvalue weighted by Gasteiger charge is 2.17. The monoisotopic (exact) mass is 326 g/mol. The summed E-state index contributed by atoms with van der Waals surface area (Å²) in [6, 6.07) is 7.37. The van der Waals surface area contributed by atoms with Crippen LogP contribution in [0, 0.1) is 0 Å². The fourth-order valence-electron chi connectivity index (χ4n) is 2.77. The van der Waals surface area contributed by atoms with Gasteiger partial charge in [-0.3, -0.25) is 9.97 Å². The van der Waals surface area contributed by atoms with Crippen molar-refractivity contribution in [1.82, 2.24) is 24.6 Å². The lowest BCUT2D eigenvalue weighted by Gasteiger charge is -2.08. The number of anilines is 1. The van der Waals surface area contributed by atoms with Crippen molar-refractivity contribution in [2.75, 3.05) is 5.73 Å². The molecule has 24 heavy (non-hydrogen) atoms. The molecule has 0 fully saturated rings. The van der Waals surface area contributed by atoms with Crippen LogP contribution in [0.15, 0.2) is 42.9 Å². The van der Waals surface area contributed by atoms with Crippen LogP contribution in [0.25, 0.3) is 27.7 Å². The summed E-state index contributed by atoms with van der Waals surface area (Å²) in [6.07, 6.45) is 1.90. The van der Waals surface area contributed by atoms with Gasteiger partial charge in [-0.05, 0) is 23.8 Å². The maximum absolute atomic E-state index is 12.9. The molecule has 0 unspecified atom stereocenters. The normalized spacial score (nSPS) is 11.6. The van der Waals surface area contributed by atoms with Crippen LogP contribution in [0.1, 0.15) is 5.69 Å². The number of nitrogen functional groups attached to an aromatic ring is 1. The quantitative estimate of drug-likeness (QED) is 0.626. The molecule has 0 aliphatic rings. The Bertz CT molecular complexity index is 1040. The van der Waals surface area contributed by atoms with Gasteiger partial charge in [-0.2, -0.15) is 0 Å². The molecule has 3 heterocycles. The number of benzene rings is 1. The van der Waals surface area contributed by atoms with Gasteiger partial charge in [0.05, 0.1) is 28.7 Å². The standard InChI is InChI=1S/C16H12F2N6/c17-14(18)8-13-15-10(3-6-24(15)23-16(19)22-13)9-1-2-11-12(7-9)21-5-4-20-11/h1-7,14H,8H2,(H2,19,23). The summed E-state index contributed by atoms with van der Waals surface area (Å²) in [5, 5.41) is 4.06. The van der Waals surface area contributed by atoms with E-state index in [9.17, 15) is 8.78 Å². The topological polar surface area (TPSA) is 82.0 Å². The molecular formula is C16H12F2N6. The van der Waals surface area contributed by atoms with Gasteiger partial charge in [0, 0.05) is 24.2 Å². The van der Waals surface area contributed by atoms with Crippen LogP contribution < -0.4 is 5.73 Å². The third-order valence-electron chi connectivity index (χ3n) is 3.73. The van der Waals surface area contributed by atoms with E-state index in [1.807, 2.05) is 18.2 Å². The van der Waals surface area contributed by atoms with E-state index in [0.29, 0.717) is 5.52 Å². The van der Waals surface area contributed by atoms with Crippen LogP contribution in [0.3, 0.4) is 0 Å². The van der Waals surface area contributed by atoms with E-state index in [-0.39, 0.29) is 11.6 Å². The molecule has 120 valence electrons. The number of alkyl halides is 2. The molecule has 0 bridgehead atoms. The smallest absolute Gasteiger partial charge is 0.244 e. The van der Waals surface area contributed by atoms with Crippen molar-refractivity contribution in [3.05, 3.63) is 48.5 Å². The third-order valence-corrected chi connectivity index (χ3v) is 3.73. The van der Waals surface area contributed by atoms with Gasteiger partial charge in [-0.25, -0.2) is 18.3 Å². The van der Waals surface area contributed by atoms with Crippen LogP contribution in [0.5, 0.6) is 0 Å². The van der Waals surface area contributed by atoms with Gasteiger partial charge in [0.2, 0.25) is 12.4 Å². The predicted octanol–water partition coefficient (Wildman–Crippen LogP) is 2.73. The van der Waals surface area contributed by atoms with Crippen LogP contribution in [-0.4, -0.2) is 31.0 Å². The minimum absolute atomic E-state index is 0.0373. The Kier molecular flexibility index (Phi) is 3.30. The minimum Gasteiger partial charge on any atom is -0.367 e. The Balaban J connectivity index is 1.95. The summed E-state index contributed by atoms with van der Waals surface area (Å²) in [7, 11) is 0. The van der Waals surface area contributed by atoms with Crippen LogP contribution in [-0.2, 0) is 6.42 Å². The molecule has 0 radical (unpaired) electrons. The Morgan fingerprint density at radius 3 is 2.67 bits per heavy atom. The largest absolute Gasteiger partial charge is 0.367 e. The molecule has 8 heteroatoms. The van der Waals surface area contributed by atoms with Crippen molar-refractivity contribution in [3.63, 3.8) is 0 Å². The second kappa shape index (κ2) is 5.48. The SMILES string of the molecule is Nc1nc(CC(F)F)c2c(-c3ccc4nccnc4c3)ccn2n1. The number of fused-ring (bicyclic) bond motifs is 2. The number of halogens is 2. The van der Waals surface area contributed by atoms with E-state index in [4.69, 9.17) is 5.73 Å². The Hall–Kier alpha value is -3.16. The molecule has 0 saturated carbocycles. The van der Waals surface area contributed by atoms with E-state index in [1.54, 1.807) is 24.7 Å². The summed E-state index contributed by atoms with van der Waals surface area (Å²) in [5.41, 5.74) is 9.42. The lowest BCUT2D eigenvalue weighted by atomic mass is 10.0. The van der Waals surface area contributed by atoms with Crippen LogP contribution >= 0.6 is 0 Å². The number of rotatable bonds is 3. The zero-order valence-corrected chi connectivity index (χ0v) is 12.4. The predicted molar refractivity (Wildman–Crippen MR) is 85.6 cm³/mol. The first-order valence-corrected chi connectivity index (χ1v) is 7.25. The first-order chi connectivity index (χ1) is 11.6. The maximum atomic E-state index is 12.9. The maximum Gasteiger partial charge on any atom is 0.244 e. The van der Waals surface area contributed by atoms with Crippen LogP contribution in [0.4, 0.5) is 14.7 Å². The highest BCUT2D eigenvalue weighted by Crippen LogP contribution is 2.30. The summed E-state index contributed by atoms with van der Waals surface area (Å²) >= 11 is 0. The van der Waals surface area contributed by atoms with Crippen molar-refractivity contribution in [2.45, 2.75) is 12.8 Å². The molecule has 0 aliphatic carbocycles. The third kappa shape index (κ3) is 2.41. The van der Waals surface area contributed by atoms with Crippen molar-refractivity contribution >= 4 is 22.5 Å². The highest BCUT2D eigenvalue weighted by atomic mass is 19.3. The Morgan fingerprint density at radius 2 is 1.88 bits per heavy atom. The van der Waals surface area contributed by atoms with Crippen molar-refractivity contribution < 1.29 is 8.78 Å². The number of nitrogens with two attached hydrogens (primary N) is 1. The zero-order chi connectivity index (χ0) is 16.7. The summed E-state index contributed by atoms with van der Waals surface area (Å²) in [5.74, 6) is -0.0373. The second-order valence-corrected chi connectivity index (χ2v) is 5.29. The number of hydrogen-bond donors (Lipinski definition) is 1. The molecule has 2 N–H and O–H groups in total. The Morgan fingerprint density at radius 1 is 1.08 bits per heavy atom. The van der Waals surface area contributed by atoms with Gasteiger partial charge < -0.3 is 5.73 Å². The molecule has 6 nitrogen and oxygen atoms in total. The second-order valence-electron chi connectivity index (χ2n) is 5.29. The molecular weight excluding hydrogens is 314 g/mol. The van der Waals surface area contributed by atoms with E-state index in [0.717, 1.165) is 22.2 Å². The summed E-state index contributed by atoms with van der Waals surface area (Å²) in [6.45, 7) is 0. The molecule has 0 atom stereocenters. The van der Waals surface area contributed by atoms with Crippen LogP contribution in [0.2, 0.25) is 0 Å². The molecule has 4 aromatic rings. The van der Waals surface area contributed by atoms with Gasteiger partial charge >= 0.3 is 0 Å². The first-order valence-electron chi connectivity index (χ1n) is 7.25. The molecule has 1 aromatic carbocycles. The number of aromatic nitrogens is 5. The molecule has 0 amide bonds. The zero-order valence-electron chi connectivity index (χ0n) is 12.4. The lowest BCUT2D eigenvalue weighted by molar-refractivity contribution is 0.148. The van der Waals surface area contributed by atoms with E-state index < -0.39 is 12.8 Å². The number of hydrogen-bond acceptors (Lipinski definition) is 5. The minimum atomic E-state index is -2.52. The molecule has 4 rings (SSSR count). The first kappa shape index (κ1) is 14.4. The van der Waals surface area contributed by atoms with Crippen molar-refractivity contribution in [2.24, 2.45) is 0 Å². The van der Waals surface area contributed by atoms with Gasteiger partial charge in [0.25, 0.3) is 0 Å². The van der Waals surface area contributed by atoms with Gasteiger partial charge in [-0.15, -0.1) is 5.10 Å². The van der Waals surface area contributed by atoms with E-state index >= 15 is 0 Å². The molecule has 3 aromatic heterocycles. The average Bonchev–Trinajstić information content (AvgIpc) is 2.97. The fraction of sp³-hybridized carbons (Fsp3) is 0.125. The van der Waals surface area contributed by atoms with Gasteiger partial charge in [0.1, 0.15) is 0 Å². The lowest BCUT2D eigenvalue weighted by Crippen LogP contribution is -2.08. The molecule has 0 aliphatic heterocycles. The molecule has 0 spiro atoms. The summed E-state index contributed by atoms with van der Waals surface area (Å²) in [4.78, 5) is 12.5. The van der Waals surface area contributed by atoms with E-state index in [2.05, 4.69) is 20.1 Å². The van der Waals surface area contributed by atoms with Crippen molar-refractivity contribution in [1.29, 1.82) is 0 Å². The summed E-state index contributed by atoms with van der Waals surface area (Å²) < 4.78 is 27.3. The van der Waals surface area contributed by atoms with Crippen molar-refractivity contribution in [3.8, 4) is 11.1 Å². The average molecular weight is 326 g/mol. The van der Waals surface area contributed by atoms with E-state index in [1.165, 1.54) is 4.52 Å². The highest BCUT2D eigenvalue weighted by molar-refractivity contribution is 5.88. The van der Waals surface area contributed by atoms with Gasteiger partial charge in [-0.1, -0.05) is 6.07 Å². The number of nitrogens with zero attached hydrogens (tertiary/aromatic N) is 5. The fourth-order valence-corrected chi connectivity index (χ4v) is 2.77. The van der Waals surface area contributed by atoms with Gasteiger partial charge in [0.15, 0.2) is 0 Å². The molecule has 0 saturated heterocycles.